The van der Waals surface area contributed by atoms with Crippen molar-refractivity contribution in [3.63, 3.8) is 0 Å². The molecule has 2 amide bonds. The zero-order valence-electron chi connectivity index (χ0n) is 11.2. The van der Waals surface area contributed by atoms with Crippen LogP contribution in [0.1, 0.15) is 33.3 Å². The van der Waals surface area contributed by atoms with Crippen molar-refractivity contribution < 1.29 is 9.59 Å². The maximum atomic E-state index is 11.9. The third-order valence-electron chi connectivity index (χ3n) is 2.28. The Balaban J connectivity index is 2.95. The number of amides is 2. The molecule has 94 valence electrons. The molecule has 1 rings (SSSR count). The number of carbonyl (C=O) groups excluding carboxylic acids is 2. The lowest BCUT2D eigenvalue weighted by atomic mass is 10.1. The van der Waals surface area contributed by atoms with Crippen molar-refractivity contribution in [1.29, 1.82) is 0 Å². The van der Waals surface area contributed by atoms with Crippen LogP contribution in [0, 0.1) is 11.8 Å². The van der Waals surface area contributed by atoms with Crippen LogP contribution in [0.15, 0.2) is 30.3 Å². The Morgan fingerprint density at radius 2 is 1.67 bits per heavy atom. The van der Waals surface area contributed by atoms with E-state index in [1.165, 1.54) is 11.8 Å². The molecule has 3 nitrogen and oxygen atoms in total. The van der Waals surface area contributed by atoms with E-state index in [1.807, 2.05) is 30.3 Å². The molecular formula is C15H17NO2. The number of rotatable bonds is 0. The van der Waals surface area contributed by atoms with Crippen molar-refractivity contribution in [2.75, 3.05) is 0 Å². The summed E-state index contributed by atoms with van der Waals surface area (Å²) in [6, 6.07) is 9.21. The number of nitrogens with zero attached hydrogens (tertiary/aromatic N) is 1. The molecule has 0 spiro atoms. The molecule has 1 aromatic carbocycles. The number of hydrogen-bond donors (Lipinski definition) is 0. The Kier molecular flexibility index (Phi) is 4.28. The van der Waals surface area contributed by atoms with Crippen molar-refractivity contribution in [1.82, 2.24) is 4.90 Å². The molecule has 0 heterocycles. The van der Waals surface area contributed by atoms with Gasteiger partial charge in [-0.25, -0.2) is 0 Å². The van der Waals surface area contributed by atoms with E-state index in [9.17, 15) is 9.59 Å². The molecule has 0 bridgehead atoms. The summed E-state index contributed by atoms with van der Waals surface area (Å²) >= 11 is 0. The van der Waals surface area contributed by atoms with Crippen molar-refractivity contribution in [3.8, 4) is 11.8 Å². The molecule has 0 radical (unpaired) electrons. The average molecular weight is 243 g/mol. The highest BCUT2D eigenvalue weighted by atomic mass is 16.2. The molecule has 0 aliphatic rings. The van der Waals surface area contributed by atoms with Crippen molar-refractivity contribution in [2.45, 2.75) is 33.2 Å². The third-order valence-corrected chi connectivity index (χ3v) is 2.28. The van der Waals surface area contributed by atoms with Gasteiger partial charge in [0.1, 0.15) is 0 Å². The van der Waals surface area contributed by atoms with Crippen LogP contribution >= 0.6 is 0 Å². The standard InChI is InChI=1S/C15H17NO2/c1-12(17)16(15(2,3)4)14(18)11-10-13-8-6-5-7-9-13/h5-9H,1-4H3. The summed E-state index contributed by atoms with van der Waals surface area (Å²) in [6.45, 7) is 6.77. The van der Waals surface area contributed by atoms with Gasteiger partial charge in [-0.05, 0) is 32.9 Å². The van der Waals surface area contributed by atoms with E-state index in [-0.39, 0.29) is 5.91 Å². The van der Waals surface area contributed by atoms with E-state index in [0.717, 1.165) is 5.56 Å². The van der Waals surface area contributed by atoms with Crippen molar-refractivity contribution >= 4 is 11.8 Å². The average Bonchev–Trinajstić information content (AvgIpc) is 2.25. The Hall–Kier alpha value is -2.08. The summed E-state index contributed by atoms with van der Waals surface area (Å²) in [5.74, 6) is 4.49. The molecular weight excluding hydrogens is 226 g/mol. The van der Waals surface area contributed by atoms with Crippen LogP contribution in [0.4, 0.5) is 0 Å². The number of hydrogen-bond acceptors (Lipinski definition) is 2. The van der Waals surface area contributed by atoms with Gasteiger partial charge in [-0.1, -0.05) is 24.1 Å². The first-order valence-corrected chi connectivity index (χ1v) is 5.74. The lowest BCUT2D eigenvalue weighted by Crippen LogP contribution is -2.47. The van der Waals surface area contributed by atoms with Gasteiger partial charge in [0.05, 0.1) is 0 Å². The van der Waals surface area contributed by atoms with E-state index >= 15 is 0 Å². The van der Waals surface area contributed by atoms with Crippen molar-refractivity contribution in [3.05, 3.63) is 35.9 Å². The second kappa shape index (κ2) is 5.50. The second-order valence-electron chi connectivity index (χ2n) is 4.95. The number of imide groups is 1. The van der Waals surface area contributed by atoms with E-state index in [4.69, 9.17) is 0 Å². The lowest BCUT2D eigenvalue weighted by Gasteiger charge is -2.31. The SMILES string of the molecule is CC(=O)N(C(=O)C#Cc1ccccc1)C(C)(C)C. The van der Waals surface area contributed by atoms with Gasteiger partial charge in [-0.15, -0.1) is 0 Å². The van der Waals surface area contributed by atoms with Crippen molar-refractivity contribution in [2.24, 2.45) is 0 Å². The van der Waals surface area contributed by atoms with E-state index in [1.54, 1.807) is 20.8 Å². The van der Waals surface area contributed by atoms with Gasteiger partial charge in [-0.3, -0.25) is 14.5 Å². The van der Waals surface area contributed by atoms with Gasteiger partial charge in [0, 0.05) is 23.9 Å². The number of carbonyl (C=O) groups is 2. The molecule has 0 atom stereocenters. The number of benzene rings is 1. The summed E-state index contributed by atoms with van der Waals surface area (Å²) < 4.78 is 0. The van der Waals surface area contributed by atoms with Crippen LogP contribution in [0.2, 0.25) is 0 Å². The van der Waals surface area contributed by atoms with E-state index < -0.39 is 11.4 Å². The molecule has 0 N–H and O–H groups in total. The highest BCUT2D eigenvalue weighted by Crippen LogP contribution is 2.13. The predicted octanol–water partition coefficient (Wildman–Crippen LogP) is 2.21. The predicted molar refractivity (Wildman–Crippen MR) is 70.6 cm³/mol. The van der Waals surface area contributed by atoms with Crippen LogP contribution in [0.25, 0.3) is 0 Å². The third kappa shape index (κ3) is 3.74. The maximum absolute atomic E-state index is 11.9. The maximum Gasteiger partial charge on any atom is 0.305 e. The fourth-order valence-electron chi connectivity index (χ4n) is 1.62. The van der Waals surface area contributed by atoms with Crippen LogP contribution in [0.3, 0.4) is 0 Å². The lowest BCUT2D eigenvalue weighted by molar-refractivity contribution is -0.145. The highest BCUT2D eigenvalue weighted by Gasteiger charge is 2.28. The molecule has 0 aromatic heterocycles. The second-order valence-corrected chi connectivity index (χ2v) is 4.95. The Morgan fingerprint density at radius 3 is 2.11 bits per heavy atom. The van der Waals surface area contributed by atoms with Gasteiger partial charge < -0.3 is 0 Å². The summed E-state index contributed by atoms with van der Waals surface area (Å²) in [7, 11) is 0. The highest BCUT2D eigenvalue weighted by molar-refractivity contribution is 6.04. The molecule has 3 heteroatoms. The molecule has 0 aliphatic carbocycles. The fourth-order valence-corrected chi connectivity index (χ4v) is 1.62. The van der Waals surface area contributed by atoms with Gasteiger partial charge >= 0.3 is 5.91 Å². The Labute approximate surface area is 108 Å². The minimum atomic E-state index is -0.561. The molecule has 0 fully saturated rings. The zero-order chi connectivity index (χ0) is 13.8. The Morgan fingerprint density at radius 1 is 1.11 bits per heavy atom. The molecule has 18 heavy (non-hydrogen) atoms. The zero-order valence-corrected chi connectivity index (χ0v) is 11.2. The molecule has 0 saturated carbocycles. The summed E-state index contributed by atoms with van der Waals surface area (Å²) in [5.41, 5.74) is 0.192. The van der Waals surface area contributed by atoms with Crippen LogP contribution in [-0.2, 0) is 9.59 Å². The summed E-state index contributed by atoms with van der Waals surface area (Å²) in [4.78, 5) is 24.6. The topological polar surface area (TPSA) is 37.4 Å². The quantitative estimate of drug-likeness (QED) is 0.655. The van der Waals surface area contributed by atoms with Crippen LogP contribution in [-0.4, -0.2) is 22.3 Å². The molecule has 0 aliphatic heterocycles. The normalized spacial score (nSPS) is 10.2. The van der Waals surface area contributed by atoms with Crippen LogP contribution < -0.4 is 0 Å². The van der Waals surface area contributed by atoms with Gasteiger partial charge in [-0.2, -0.15) is 0 Å². The smallest absolute Gasteiger partial charge is 0.275 e. The van der Waals surface area contributed by atoms with E-state index in [0.29, 0.717) is 0 Å². The fraction of sp³-hybridized carbons (Fsp3) is 0.333. The Bertz CT molecular complexity index is 501. The summed E-state index contributed by atoms with van der Waals surface area (Å²) in [6.07, 6.45) is 0. The van der Waals surface area contributed by atoms with Gasteiger partial charge in [0.2, 0.25) is 5.91 Å². The van der Waals surface area contributed by atoms with E-state index in [2.05, 4.69) is 11.8 Å². The first-order chi connectivity index (χ1) is 8.32. The largest absolute Gasteiger partial charge is 0.305 e. The first kappa shape index (κ1) is 14.0. The molecule has 0 unspecified atom stereocenters. The van der Waals surface area contributed by atoms with Gasteiger partial charge in [0.25, 0.3) is 0 Å². The molecule has 1 aromatic rings. The minimum Gasteiger partial charge on any atom is -0.275 e. The summed E-state index contributed by atoms with van der Waals surface area (Å²) in [5, 5.41) is 0. The van der Waals surface area contributed by atoms with Crippen LogP contribution in [0.5, 0.6) is 0 Å². The van der Waals surface area contributed by atoms with Gasteiger partial charge in [0.15, 0.2) is 0 Å². The molecule has 0 saturated heterocycles. The monoisotopic (exact) mass is 243 g/mol. The first-order valence-electron chi connectivity index (χ1n) is 5.74. The minimum absolute atomic E-state index is 0.296.